The van der Waals surface area contributed by atoms with Crippen molar-refractivity contribution in [3.05, 3.63) is 41.2 Å². The molecule has 0 radical (unpaired) electrons. The van der Waals surface area contributed by atoms with Gasteiger partial charge in [-0.1, -0.05) is 0 Å². The Bertz CT molecular complexity index is 1080. The number of H-pyrrole nitrogens is 1. The van der Waals surface area contributed by atoms with E-state index in [0.29, 0.717) is 36.0 Å². The lowest BCUT2D eigenvalue weighted by Gasteiger charge is -2.32. The van der Waals surface area contributed by atoms with Gasteiger partial charge >= 0.3 is 12.1 Å². The molecule has 0 fully saturated rings. The number of rotatable bonds is 6. The van der Waals surface area contributed by atoms with Crippen LogP contribution in [0.3, 0.4) is 0 Å². The molecule has 12 heteroatoms. The Kier molecular flexibility index (Phi) is 5.87. The molecular weight excluding hydrogens is 429 g/mol. The van der Waals surface area contributed by atoms with Crippen LogP contribution < -0.4 is 10.2 Å². The quantitative estimate of drug-likeness (QED) is 0.460. The number of fused-ring (bicyclic) bond motifs is 3. The molecule has 2 aliphatic heterocycles. The highest BCUT2D eigenvalue weighted by Gasteiger charge is 2.40. The minimum atomic E-state index is -4.51. The highest BCUT2D eigenvalue weighted by atomic mass is 19.4. The maximum atomic E-state index is 13.3. The summed E-state index contributed by atoms with van der Waals surface area (Å²) in [6.07, 6.45) is -4.07. The standard InChI is InChI=1S/C20H21F3N6O3/c1-2-32-19(31)14-9-13(27-28-14)16-10-25-18-17(24-6-3-7-30)26-12-8-11(20(21,22)23)4-5-15(12)29(16)18/h4-5,8-9,16,30H,2-3,6-7,10H2,1H3,(H,24,26)(H,27,28). The topological polar surface area (TPSA) is 115 Å². The first-order chi connectivity index (χ1) is 15.3. The van der Waals surface area contributed by atoms with Crippen LogP contribution >= 0.6 is 0 Å². The van der Waals surface area contributed by atoms with Crippen LogP contribution in [0.25, 0.3) is 0 Å². The average Bonchev–Trinajstić information content (AvgIpc) is 3.40. The van der Waals surface area contributed by atoms with Gasteiger partial charge in [0.05, 0.1) is 41.8 Å². The van der Waals surface area contributed by atoms with Crippen LogP contribution in [-0.2, 0) is 10.9 Å². The number of aliphatic hydroxyl groups is 1. The van der Waals surface area contributed by atoms with Crippen molar-refractivity contribution in [2.24, 2.45) is 9.98 Å². The Morgan fingerprint density at radius 3 is 2.91 bits per heavy atom. The number of benzene rings is 1. The van der Waals surface area contributed by atoms with Crippen LogP contribution in [0.2, 0.25) is 0 Å². The van der Waals surface area contributed by atoms with Crippen molar-refractivity contribution in [2.75, 3.05) is 31.2 Å². The third-order valence-electron chi connectivity index (χ3n) is 5.03. The van der Waals surface area contributed by atoms with E-state index in [1.807, 2.05) is 0 Å². The lowest BCUT2D eigenvalue weighted by molar-refractivity contribution is -0.137. The zero-order chi connectivity index (χ0) is 22.9. The molecule has 3 heterocycles. The second kappa shape index (κ2) is 8.61. The van der Waals surface area contributed by atoms with Gasteiger partial charge in [-0.15, -0.1) is 0 Å². The summed E-state index contributed by atoms with van der Waals surface area (Å²) in [5, 5.41) is 18.9. The van der Waals surface area contributed by atoms with E-state index in [0.717, 1.165) is 12.1 Å². The number of aromatic nitrogens is 2. The van der Waals surface area contributed by atoms with Crippen molar-refractivity contribution in [1.82, 2.24) is 15.5 Å². The number of alkyl halides is 3. The first kappa shape index (κ1) is 21.8. The van der Waals surface area contributed by atoms with E-state index >= 15 is 0 Å². The third-order valence-corrected chi connectivity index (χ3v) is 5.03. The molecule has 1 unspecified atom stereocenters. The number of anilines is 1. The number of halogens is 3. The van der Waals surface area contributed by atoms with Gasteiger partial charge in [-0.2, -0.15) is 18.3 Å². The molecule has 0 amide bonds. The zero-order valence-corrected chi connectivity index (χ0v) is 17.1. The number of carbonyl (C=O) groups is 1. The van der Waals surface area contributed by atoms with Crippen molar-refractivity contribution in [3.8, 4) is 0 Å². The SMILES string of the molecule is CCOC(=O)c1cc(C2CN=C3C(NCCCO)=Nc4cc(C(F)(F)F)ccc4N32)[nH]n1. The Balaban J connectivity index is 1.71. The first-order valence-corrected chi connectivity index (χ1v) is 10.0. The van der Waals surface area contributed by atoms with Crippen LogP contribution in [0.1, 0.15) is 41.1 Å². The van der Waals surface area contributed by atoms with Gasteiger partial charge in [0.1, 0.15) is 0 Å². The van der Waals surface area contributed by atoms with E-state index in [9.17, 15) is 18.0 Å². The molecular formula is C20H21F3N6O3. The number of hydrogen-bond acceptors (Lipinski definition) is 8. The Labute approximate surface area is 181 Å². The maximum absolute atomic E-state index is 13.3. The van der Waals surface area contributed by atoms with Crippen molar-refractivity contribution in [2.45, 2.75) is 25.6 Å². The number of hydrogen-bond donors (Lipinski definition) is 3. The summed E-state index contributed by atoms with van der Waals surface area (Å²) in [6, 6.07) is 4.48. The zero-order valence-electron chi connectivity index (χ0n) is 17.1. The summed E-state index contributed by atoms with van der Waals surface area (Å²) in [6.45, 7) is 2.50. The van der Waals surface area contributed by atoms with Gasteiger partial charge < -0.3 is 20.1 Å². The third kappa shape index (κ3) is 4.05. The number of nitrogens with zero attached hydrogens (tertiary/aromatic N) is 4. The number of aliphatic imine (C=N–C) groups is 2. The van der Waals surface area contributed by atoms with E-state index < -0.39 is 23.8 Å². The second-order valence-corrected chi connectivity index (χ2v) is 7.14. The molecule has 0 bridgehead atoms. The fraction of sp³-hybridized carbons (Fsp3) is 0.400. The van der Waals surface area contributed by atoms with Crippen molar-refractivity contribution < 1.29 is 27.8 Å². The van der Waals surface area contributed by atoms with Gasteiger partial charge in [0, 0.05) is 13.2 Å². The predicted octanol–water partition coefficient (Wildman–Crippen LogP) is 2.58. The number of ether oxygens (including phenoxy) is 1. The minimum absolute atomic E-state index is 0.0430. The van der Waals surface area contributed by atoms with Gasteiger partial charge in [-0.05, 0) is 37.6 Å². The Morgan fingerprint density at radius 2 is 2.19 bits per heavy atom. The van der Waals surface area contributed by atoms with Crippen LogP contribution in [0.15, 0.2) is 34.3 Å². The number of amidine groups is 2. The largest absolute Gasteiger partial charge is 0.461 e. The lowest BCUT2D eigenvalue weighted by Crippen LogP contribution is -2.44. The smallest absolute Gasteiger partial charge is 0.416 e. The summed E-state index contributed by atoms with van der Waals surface area (Å²) < 4.78 is 44.8. The molecule has 4 rings (SSSR count). The van der Waals surface area contributed by atoms with Crippen LogP contribution in [-0.4, -0.2) is 59.2 Å². The van der Waals surface area contributed by atoms with Crippen molar-refractivity contribution in [1.29, 1.82) is 0 Å². The summed E-state index contributed by atoms with van der Waals surface area (Å²) >= 11 is 0. The molecule has 32 heavy (non-hydrogen) atoms. The molecule has 1 aromatic carbocycles. The molecule has 3 N–H and O–H groups in total. The number of aromatic amines is 1. The molecule has 0 aliphatic carbocycles. The van der Waals surface area contributed by atoms with E-state index in [1.165, 1.54) is 6.07 Å². The molecule has 0 spiro atoms. The fourth-order valence-corrected chi connectivity index (χ4v) is 3.57. The lowest BCUT2D eigenvalue weighted by atomic mass is 10.1. The number of carbonyl (C=O) groups excluding carboxylic acids is 1. The molecule has 1 aromatic heterocycles. The Hall–Kier alpha value is -3.41. The van der Waals surface area contributed by atoms with Gasteiger partial charge in [0.15, 0.2) is 17.4 Å². The predicted molar refractivity (Wildman–Crippen MR) is 110 cm³/mol. The highest BCUT2D eigenvalue weighted by molar-refractivity contribution is 6.48. The fourth-order valence-electron chi connectivity index (χ4n) is 3.57. The number of esters is 1. The molecule has 0 saturated heterocycles. The monoisotopic (exact) mass is 450 g/mol. The van der Waals surface area contributed by atoms with E-state index in [1.54, 1.807) is 17.9 Å². The van der Waals surface area contributed by atoms with Crippen LogP contribution in [0, 0.1) is 0 Å². The normalized spacial score (nSPS) is 17.4. The van der Waals surface area contributed by atoms with Gasteiger partial charge in [0.2, 0.25) is 0 Å². The second-order valence-electron chi connectivity index (χ2n) is 7.14. The summed E-state index contributed by atoms with van der Waals surface area (Å²) in [7, 11) is 0. The number of nitrogens with one attached hydrogen (secondary N) is 2. The van der Waals surface area contributed by atoms with Gasteiger partial charge in [0.25, 0.3) is 0 Å². The molecule has 2 aromatic rings. The molecule has 2 aliphatic rings. The maximum Gasteiger partial charge on any atom is 0.416 e. The summed E-state index contributed by atoms with van der Waals surface area (Å²) in [4.78, 5) is 22.7. The Morgan fingerprint density at radius 1 is 1.38 bits per heavy atom. The van der Waals surface area contributed by atoms with Gasteiger partial charge in [-0.3, -0.25) is 10.1 Å². The molecule has 1 atom stereocenters. The van der Waals surface area contributed by atoms with Gasteiger partial charge in [-0.25, -0.2) is 9.79 Å². The average molecular weight is 450 g/mol. The van der Waals surface area contributed by atoms with Crippen molar-refractivity contribution >= 4 is 29.0 Å². The first-order valence-electron chi connectivity index (χ1n) is 10.0. The highest BCUT2D eigenvalue weighted by Crippen LogP contribution is 2.43. The molecule has 0 saturated carbocycles. The van der Waals surface area contributed by atoms with E-state index in [4.69, 9.17) is 9.84 Å². The summed E-state index contributed by atoms with van der Waals surface area (Å²) in [5.74, 6) is 0.210. The van der Waals surface area contributed by atoms with E-state index in [-0.39, 0.29) is 31.1 Å². The minimum Gasteiger partial charge on any atom is -0.461 e. The number of aliphatic hydroxyl groups excluding tert-OH is 1. The summed E-state index contributed by atoms with van der Waals surface area (Å²) in [5.41, 5.74) is 0.461. The molecule has 170 valence electrons. The van der Waals surface area contributed by atoms with E-state index in [2.05, 4.69) is 25.5 Å². The van der Waals surface area contributed by atoms with Crippen LogP contribution in [0.4, 0.5) is 24.5 Å². The van der Waals surface area contributed by atoms with Crippen molar-refractivity contribution in [3.63, 3.8) is 0 Å². The van der Waals surface area contributed by atoms with Crippen LogP contribution in [0.5, 0.6) is 0 Å². The molecule has 9 nitrogen and oxygen atoms in total.